The Balaban J connectivity index is 1.97. The van der Waals surface area contributed by atoms with Gasteiger partial charge in [-0.1, -0.05) is 0 Å². The standard InChI is InChI=1S/C16H24O4/c1-16(2)11-14(17)13-7-6-12(10-15(13)20-16)19-9-5-4-8-18-3/h6-7,10,14,17H,4-5,8-9,11H2,1-3H3. The molecule has 0 fully saturated rings. The Bertz CT molecular complexity index is 442. The van der Waals surface area contributed by atoms with Gasteiger partial charge in [0.25, 0.3) is 0 Å². The molecule has 4 heteroatoms. The lowest BCUT2D eigenvalue weighted by molar-refractivity contribution is 0.0113. The van der Waals surface area contributed by atoms with Gasteiger partial charge < -0.3 is 19.3 Å². The Morgan fingerprint density at radius 3 is 2.80 bits per heavy atom. The fourth-order valence-electron chi connectivity index (χ4n) is 2.42. The minimum Gasteiger partial charge on any atom is -0.493 e. The van der Waals surface area contributed by atoms with Gasteiger partial charge in [-0.3, -0.25) is 0 Å². The van der Waals surface area contributed by atoms with Crippen LogP contribution in [0, 0.1) is 0 Å². The SMILES string of the molecule is COCCCCOc1ccc2c(c1)OC(C)(C)CC2O. The van der Waals surface area contributed by atoms with Crippen molar-refractivity contribution in [1.29, 1.82) is 0 Å². The molecule has 1 heterocycles. The van der Waals surface area contributed by atoms with Crippen LogP contribution in [0.3, 0.4) is 0 Å². The molecule has 20 heavy (non-hydrogen) atoms. The Morgan fingerprint density at radius 2 is 2.05 bits per heavy atom. The lowest BCUT2D eigenvalue weighted by atomic mass is 9.92. The number of ether oxygens (including phenoxy) is 3. The second-order valence-corrected chi connectivity index (χ2v) is 5.83. The predicted molar refractivity (Wildman–Crippen MR) is 77.3 cm³/mol. The molecular formula is C16H24O4. The predicted octanol–water partition coefficient (Wildman–Crippen LogP) is 3.09. The molecule has 112 valence electrons. The van der Waals surface area contributed by atoms with Crippen molar-refractivity contribution in [2.45, 2.75) is 44.8 Å². The zero-order chi connectivity index (χ0) is 14.6. The normalized spacial score (nSPS) is 20.1. The summed E-state index contributed by atoms with van der Waals surface area (Å²) in [5.41, 5.74) is 0.500. The van der Waals surface area contributed by atoms with E-state index in [0.29, 0.717) is 13.0 Å². The summed E-state index contributed by atoms with van der Waals surface area (Å²) in [5.74, 6) is 1.51. The van der Waals surface area contributed by atoms with Gasteiger partial charge in [-0.15, -0.1) is 0 Å². The first-order valence-electron chi connectivity index (χ1n) is 7.14. The smallest absolute Gasteiger partial charge is 0.129 e. The van der Waals surface area contributed by atoms with Crippen LogP contribution in [0.4, 0.5) is 0 Å². The highest BCUT2D eigenvalue weighted by molar-refractivity contribution is 5.43. The summed E-state index contributed by atoms with van der Waals surface area (Å²) in [7, 11) is 1.70. The van der Waals surface area contributed by atoms with Crippen molar-refractivity contribution >= 4 is 0 Å². The van der Waals surface area contributed by atoms with Gasteiger partial charge in [-0.25, -0.2) is 0 Å². The van der Waals surface area contributed by atoms with Crippen molar-refractivity contribution in [1.82, 2.24) is 0 Å². The molecule has 1 unspecified atom stereocenters. The second kappa shape index (κ2) is 6.46. The highest BCUT2D eigenvalue weighted by Gasteiger charge is 2.32. The highest BCUT2D eigenvalue weighted by Crippen LogP contribution is 2.40. The van der Waals surface area contributed by atoms with Gasteiger partial charge >= 0.3 is 0 Å². The summed E-state index contributed by atoms with van der Waals surface area (Å²) in [6.45, 7) is 5.39. The summed E-state index contributed by atoms with van der Waals surface area (Å²) < 4.78 is 16.6. The summed E-state index contributed by atoms with van der Waals surface area (Å²) in [6, 6.07) is 5.65. The van der Waals surface area contributed by atoms with E-state index in [2.05, 4.69) is 0 Å². The highest BCUT2D eigenvalue weighted by atomic mass is 16.5. The Kier molecular flexibility index (Phi) is 4.89. The van der Waals surface area contributed by atoms with Gasteiger partial charge in [0, 0.05) is 31.8 Å². The van der Waals surface area contributed by atoms with Crippen LogP contribution in [-0.2, 0) is 4.74 Å². The summed E-state index contributed by atoms with van der Waals surface area (Å²) in [4.78, 5) is 0. The van der Waals surface area contributed by atoms with E-state index in [4.69, 9.17) is 14.2 Å². The molecule has 1 aromatic rings. The molecular weight excluding hydrogens is 256 g/mol. The molecule has 1 atom stereocenters. The largest absolute Gasteiger partial charge is 0.493 e. The zero-order valence-corrected chi connectivity index (χ0v) is 12.5. The molecule has 1 aliphatic rings. The molecule has 0 amide bonds. The fourth-order valence-corrected chi connectivity index (χ4v) is 2.42. The number of methoxy groups -OCH3 is 1. The lowest BCUT2D eigenvalue weighted by Gasteiger charge is -2.35. The first-order chi connectivity index (χ1) is 9.52. The molecule has 2 rings (SSSR count). The summed E-state index contributed by atoms with van der Waals surface area (Å²) >= 11 is 0. The third-order valence-electron chi connectivity index (χ3n) is 3.43. The molecule has 0 bridgehead atoms. The molecule has 1 aliphatic heterocycles. The number of aliphatic hydroxyl groups excluding tert-OH is 1. The average molecular weight is 280 g/mol. The maximum absolute atomic E-state index is 10.1. The quantitative estimate of drug-likeness (QED) is 0.813. The average Bonchev–Trinajstić information content (AvgIpc) is 2.36. The lowest BCUT2D eigenvalue weighted by Crippen LogP contribution is -2.34. The van der Waals surface area contributed by atoms with E-state index in [1.165, 1.54) is 0 Å². The van der Waals surface area contributed by atoms with Crippen LogP contribution >= 0.6 is 0 Å². The minimum absolute atomic E-state index is 0.344. The van der Waals surface area contributed by atoms with E-state index in [1.54, 1.807) is 7.11 Å². The number of fused-ring (bicyclic) bond motifs is 1. The minimum atomic E-state index is -0.468. The number of hydrogen-bond donors (Lipinski definition) is 1. The topological polar surface area (TPSA) is 47.9 Å². The Hall–Kier alpha value is -1.26. The second-order valence-electron chi connectivity index (χ2n) is 5.83. The molecule has 0 spiro atoms. The molecule has 4 nitrogen and oxygen atoms in total. The molecule has 0 saturated carbocycles. The van der Waals surface area contributed by atoms with Crippen molar-refractivity contribution in [3.05, 3.63) is 23.8 Å². The summed E-state index contributed by atoms with van der Waals surface area (Å²) in [6.07, 6.45) is 2.09. The van der Waals surface area contributed by atoms with Crippen molar-refractivity contribution < 1.29 is 19.3 Å². The van der Waals surface area contributed by atoms with Gasteiger partial charge in [0.05, 0.1) is 12.7 Å². The number of aliphatic hydroxyl groups is 1. The molecule has 0 aromatic heterocycles. The van der Waals surface area contributed by atoms with E-state index < -0.39 is 6.10 Å². The Labute approximate surface area is 120 Å². The van der Waals surface area contributed by atoms with E-state index in [9.17, 15) is 5.11 Å². The van der Waals surface area contributed by atoms with Crippen LogP contribution < -0.4 is 9.47 Å². The van der Waals surface area contributed by atoms with Gasteiger partial charge in [-0.2, -0.15) is 0 Å². The number of benzene rings is 1. The van der Waals surface area contributed by atoms with E-state index in [-0.39, 0.29) is 5.60 Å². The number of unbranched alkanes of at least 4 members (excludes halogenated alkanes) is 1. The van der Waals surface area contributed by atoms with Crippen LogP contribution in [0.2, 0.25) is 0 Å². The van der Waals surface area contributed by atoms with Crippen LogP contribution in [0.25, 0.3) is 0 Å². The van der Waals surface area contributed by atoms with Crippen LogP contribution in [0.5, 0.6) is 11.5 Å². The van der Waals surface area contributed by atoms with E-state index >= 15 is 0 Å². The molecule has 0 aliphatic carbocycles. The first kappa shape index (κ1) is 15.1. The van der Waals surface area contributed by atoms with E-state index in [0.717, 1.165) is 36.5 Å². The van der Waals surface area contributed by atoms with Gasteiger partial charge in [0.2, 0.25) is 0 Å². The zero-order valence-electron chi connectivity index (χ0n) is 12.5. The van der Waals surface area contributed by atoms with Crippen LogP contribution in [0.1, 0.15) is 44.8 Å². The van der Waals surface area contributed by atoms with Crippen molar-refractivity contribution in [2.24, 2.45) is 0 Å². The third kappa shape index (κ3) is 3.87. The van der Waals surface area contributed by atoms with Gasteiger partial charge in [0.15, 0.2) is 0 Å². The van der Waals surface area contributed by atoms with Crippen LogP contribution in [-0.4, -0.2) is 31.0 Å². The Morgan fingerprint density at radius 1 is 1.30 bits per heavy atom. The van der Waals surface area contributed by atoms with Crippen molar-refractivity contribution in [3.8, 4) is 11.5 Å². The first-order valence-corrected chi connectivity index (χ1v) is 7.14. The summed E-state index contributed by atoms with van der Waals surface area (Å²) in [5, 5.41) is 10.1. The third-order valence-corrected chi connectivity index (χ3v) is 3.43. The number of rotatable bonds is 6. The molecule has 1 aromatic carbocycles. The maximum atomic E-state index is 10.1. The van der Waals surface area contributed by atoms with Gasteiger partial charge in [0.1, 0.15) is 17.1 Å². The van der Waals surface area contributed by atoms with Crippen LogP contribution in [0.15, 0.2) is 18.2 Å². The number of hydrogen-bond acceptors (Lipinski definition) is 4. The maximum Gasteiger partial charge on any atom is 0.129 e. The van der Waals surface area contributed by atoms with Crippen molar-refractivity contribution in [3.63, 3.8) is 0 Å². The van der Waals surface area contributed by atoms with E-state index in [1.807, 2.05) is 32.0 Å². The molecule has 0 saturated heterocycles. The van der Waals surface area contributed by atoms with Gasteiger partial charge in [-0.05, 0) is 38.8 Å². The molecule has 1 N–H and O–H groups in total. The van der Waals surface area contributed by atoms with Crippen molar-refractivity contribution in [2.75, 3.05) is 20.3 Å². The monoisotopic (exact) mass is 280 g/mol. The fraction of sp³-hybridized carbons (Fsp3) is 0.625. The molecule has 0 radical (unpaired) electrons.